The first-order valence-electron chi connectivity index (χ1n) is 8.77. The van der Waals surface area contributed by atoms with Gasteiger partial charge in [0.05, 0.1) is 11.9 Å². The summed E-state index contributed by atoms with van der Waals surface area (Å²) < 4.78 is 0. The third kappa shape index (κ3) is 3.76. The second-order valence-corrected chi connectivity index (χ2v) is 7.94. The molecule has 3 rings (SSSR count). The van der Waals surface area contributed by atoms with E-state index in [2.05, 4.69) is 42.8 Å². The summed E-state index contributed by atoms with van der Waals surface area (Å²) in [7, 11) is 2.01. The monoisotopic (exact) mass is 355 g/mol. The van der Waals surface area contributed by atoms with Crippen LogP contribution in [0.5, 0.6) is 0 Å². The fraction of sp³-hybridized carbons (Fsp3) is 0.400. The normalized spacial score (nSPS) is 12.5. The Hall–Kier alpha value is -2.14. The summed E-state index contributed by atoms with van der Waals surface area (Å²) in [6.45, 7) is 7.09. The summed E-state index contributed by atoms with van der Waals surface area (Å²) in [6.07, 6.45) is 2.05. The van der Waals surface area contributed by atoms with Crippen molar-refractivity contribution in [3.8, 4) is 0 Å². The average Bonchev–Trinajstić information content (AvgIpc) is 2.91. The lowest BCUT2D eigenvalue weighted by Crippen LogP contribution is -2.21. The van der Waals surface area contributed by atoms with Crippen molar-refractivity contribution in [3.63, 3.8) is 0 Å². The molecule has 4 nitrogen and oxygen atoms in total. The highest BCUT2D eigenvalue weighted by atomic mass is 32.1. The van der Waals surface area contributed by atoms with Gasteiger partial charge in [-0.15, -0.1) is 11.3 Å². The number of aryl methyl sites for hydroxylation is 1. The van der Waals surface area contributed by atoms with Crippen LogP contribution in [0.1, 0.15) is 36.5 Å². The Balaban J connectivity index is 1.94. The highest BCUT2D eigenvalue weighted by molar-refractivity contribution is 7.18. The minimum absolute atomic E-state index is 0.0101. The van der Waals surface area contributed by atoms with E-state index in [1.165, 1.54) is 10.4 Å². The lowest BCUT2D eigenvalue weighted by Gasteiger charge is -2.18. The molecule has 25 heavy (non-hydrogen) atoms. The number of benzene rings is 1. The molecule has 1 N–H and O–H groups in total. The van der Waals surface area contributed by atoms with Crippen molar-refractivity contribution in [2.24, 2.45) is 5.92 Å². The number of nitrogens with one attached hydrogen (secondary N) is 1. The van der Waals surface area contributed by atoms with Crippen molar-refractivity contribution in [3.05, 3.63) is 57.0 Å². The van der Waals surface area contributed by atoms with Gasteiger partial charge in [0.15, 0.2) is 0 Å². The molecule has 2 aromatic heterocycles. The number of para-hydroxylation sites is 1. The summed E-state index contributed by atoms with van der Waals surface area (Å²) in [4.78, 5) is 24.6. The van der Waals surface area contributed by atoms with E-state index in [0.717, 1.165) is 28.7 Å². The first-order chi connectivity index (χ1) is 12.0. The van der Waals surface area contributed by atoms with Crippen LogP contribution in [0.25, 0.3) is 10.2 Å². The molecule has 2 heterocycles. The summed E-state index contributed by atoms with van der Waals surface area (Å²) in [5.74, 6) is 1.28. The van der Waals surface area contributed by atoms with E-state index in [1.807, 2.05) is 25.2 Å². The van der Waals surface area contributed by atoms with E-state index in [4.69, 9.17) is 4.98 Å². The Bertz CT molecular complexity index is 914. The number of aromatic amines is 1. The Labute approximate surface area is 152 Å². The molecule has 5 heteroatoms. The van der Waals surface area contributed by atoms with Crippen molar-refractivity contribution in [1.29, 1.82) is 0 Å². The van der Waals surface area contributed by atoms with Gasteiger partial charge in [0.1, 0.15) is 10.7 Å². The minimum atomic E-state index is -0.0101. The lowest BCUT2D eigenvalue weighted by atomic mass is 9.98. The number of nitrogens with zero attached hydrogens (tertiary/aromatic N) is 2. The molecule has 0 spiro atoms. The molecule has 0 unspecified atom stereocenters. The van der Waals surface area contributed by atoms with E-state index in [1.54, 1.807) is 11.3 Å². The van der Waals surface area contributed by atoms with E-state index in [-0.39, 0.29) is 5.56 Å². The molecule has 0 radical (unpaired) electrons. The van der Waals surface area contributed by atoms with Crippen LogP contribution in [0, 0.1) is 12.8 Å². The van der Waals surface area contributed by atoms with Gasteiger partial charge in [-0.05, 0) is 37.0 Å². The van der Waals surface area contributed by atoms with Crippen LogP contribution in [-0.4, -0.2) is 17.0 Å². The van der Waals surface area contributed by atoms with Crippen LogP contribution in [-0.2, 0) is 13.0 Å². The summed E-state index contributed by atoms with van der Waals surface area (Å²) in [5.41, 5.74) is 2.26. The maximum atomic E-state index is 12.7. The molecule has 132 valence electrons. The summed E-state index contributed by atoms with van der Waals surface area (Å²) in [6, 6.07) is 10.1. The van der Waals surface area contributed by atoms with Crippen LogP contribution >= 0.6 is 11.3 Å². The Morgan fingerprint density at radius 1 is 1.28 bits per heavy atom. The summed E-state index contributed by atoms with van der Waals surface area (Å²) >= 11 is 1.63. The maximum absolute atomic E-state index is 12.7. The zero-order valence-corrected chi connectivity index (χ0v) is 16.1. The number of H-pyrrole nitrogens is 1. The topological polar surface area (TPSA) is 49.0 Å². The number of hydrogen-bond acceptors (Lipinski definition) is 4. The number of aromatic nitrogens is 2. The standard InChI is InChI=1S/C20H25N3OS/c1-5-13(2)11-16-14(3)25-20-18(16)19(24)21-17(22-20)12-23(4)15-9-7-6-8-10-15/h6-10,13H,5,11-12H2,1-4H3,(H,21,22,24)/t13-/m0/s1. The fourth-order valence-electron chi connectivity index (χ4n) is 3.03. The Morgan fingerprint density at radius 3 is 2.68 bits per heavy atom. The molecular formula is C20H25N3OS. The van der Waals surface area contributed by atoms with Gasteiger partial charge in [-0.3, -0.25) is 4.79 Å². The minimum Gasteiger partial charge on any atom is -0.367 e. The maximum Gasteiger partial charge on any atom is 0.259 e. The molecule has 1 aromatic carbocycles. The van der Waals surface area contributed by atoms with E-state index >= 15 is 0 Å². The van der Waals surface area contributed by atoms with Gasteiger partial charge in [0, 0.05) is 17.6 Å². The van der Waals surface area contributed by atoms with Gasteiger partial charge in [-0.25, -0.2) is 4.98 Å². The molecule has 0 saturated heterocycles. The third-order valence-electron chi connectivity index (χ3n) is 4.75. The van der Waals surface area contributed by atoms with Crippen LogP contribution in [0.4, 0.5) is 5.69 Å². The van der Waals surface area contributed by atoms with Crippen molar-refractivity contribution < 1.29 is 0 Å². The SMILES string of the molecule is CC[C@H](C)Cc1c(C)sc2nc(CN(C)c3ccccc3)[nH]c(=O)c12. The number of rotatable bonds is 6. The molecule has 0 aliphatic carbocycles. The van der Waals surface area contributed by atoms with Gasteiger partial charge in [0.2, 0.25) is 0 Å². The van der Waals surface area contributed by atoms with Crippen LogP contribution in [0.2, 0.25) is 0 Å². The van der Waals surface area contributed by atoms with Crippen molar-refractivity contribution in [2.45, 2.75) is 40.2 Å². The smallest absolute Gasteiger partial charge is 0.259 e. The first-order valence-corrected chi connectivity index (χ1v) is 9.58. The second kappa shape index (κ2) is 7.40. The summed E-state index contributed by atoms with van der Waals surface area (Å²) in [5, 5.41) is 0.786. The van der Waals surface area contributed by atoms with Gasteiger partial charge >= 0.3 is 0 Å². The van der Waals surface area contributed by atoms with Crippen LogP contribution in [0.3, 0.4) is 0 Å². The van der Waals surface area contributed by atoms with Crippen molar-refractivity contribution >= 4 is 27.2 Å². The van der Waals surface area contributed by atoms with Gasteiger partial charge in [-0.2, -0.15) is 0 Å². The molecule has 1 atom stereocenters. The first kappa shape index (κ1) is 17.7. The molecule has 0 fully saturated rings. The Kier molecular flexibility index (Phi) is 5.23. The van der Waals surface area contributed by atoms with Gasteiger partial charge in [0.25, 0.3) is 5.56 Å². The molecule has 0 saturated carbocycles. The quantitative estimate of drug-likeness (QED) is 0.707. The molecule has 0 aliphatic rings. The fourth-order valence-corrected chi connectivity index (χ4v) is 4.10. The number of anilines is 1. The zero-order valence-electron chi connectivity index (χ0n) is 15.3. The number of fused-ring (bicyclic) bond motifs is 1. The van der Waals surface area contributed by atoms with Crippen molar-refractivity contribution in [1.82, 2.24) is 9.97 Å². The lowest BCUT2D eigenvalue weighted by molar-refractivity contribution is 0.561. The predicted molar refractivity (Wildman–Crippen MR) is 107 cm³/mol. The number of thiophene rings is 1. The second-order valence-electron chi connectivity index (χ2n) is 6.74. The molecule has 0 amide bonds. The van der Waals surface area contributed by atoms with Crippen LogP contribution < -0.4 is 10.5 Å². The zero-order chi connectivity index (χ0) is 18.0. The average molecular weight is 356 g/mol. The largest absolute Gasteiger partial charge is 0.367 e. The molecule has 3 aromatic rings. The highest BCUT2D eigenvalue weighted by Gasteiger charge is 2.17. The predicted octanol–water partition coefficient (Wildman–Crippen LogP) is 4.52. The highest BCUT2D eigenvalue weighted by Crippen LogP contribution is 2.29. The van der Waals surface area contributed by atoms with Gasteiger partial charge < -0.3 is 9.88 Å². The van der Waals surface area contributed by atoms with E-state index in [9.17, 15) is 4.79 Å². The third-order valence-corrected chi connectivity index (χ3v) is 5.79. The molecule has 0 aliphatic heterocycles. The van der Waals surface area contributed by atoms with E-state index < -0.39 is 0 Å². The van der Waals surface area contributed by atoms with Gasteiger partial charge in [-0.1, -0.05) is 38.5 Å². The molecular weight excluding hydrogens is 330 g/mol. The molecule has 0 bridgehead atoms. The van der Waals surface area contributed by atoms with E-state index in [0.29, 0.717) is 18.3 Å². The van der Waals surface area contributed by atoms with Crippen LogP contribution in [0.15, 0.2) is 35.1 Å². The Morgan fingerprint density at radius 2 is 2.00 bits per heavy atom. The van der Waals surface area contributed by atoms with Crippen molar-refractivity contribution in [2.75, 3.05) is 11.9 Å². The number of hydrogen-bond donors (Lipinski definition) is 1.